The van der Waals surface area contributed by atoms with Gasteiger partial charge in [-0.3, -0.25) is 4.79 Å². The Balaban J connectivity index is 1.75. The third-order valence-electron chi connectivity index (χ3n) is 3.02. The highest BCUT2D eigenvalue weighted by atomic mass is 16.5. The second kappa shape index (κ2) is 3.44. The average Bonchev–Trinajstić information content (AvgIpc) is 2.04. The van der Waals surface area contributed by atoms with Crippen molar-refractivity contribution in [3.8, 4) is 0 Å². The smallest absolute Gasteiger partial charge is 0.209 e. The monoisotopic (exact) mass is 169 g/mol. The first-order chi connectivity index (χ1) is 5.90. The molecule has 2 saturated heterocycles. The maximum absolute atomic E-state index is 10.3. The fraction of sp³-hybridized carbons (Fsp3) is 0.889. The number of amides is 1. The summed E-state index contributed by atoms with van der Waals surface area (Å²) in [5.74, 6) is 1.58. The Labute approximate surface area is 72.7 Å². The van der Waals surface area contributed by atoms with Gasteiger partial charge in [-0.25, -0.2) is 0 Å². The van der Waals surface area contributed by atoms with Crippen molar-refractivity contribution in [3.63, 3.8) is 0 Å². The molecule has 1 amide bonds. The van der Waals surface area contributed by atoms with Gasteiger partial charge in [0, 0.05) is 26.3 Å². The first kappa shape index (κ1) is 8.05. The standard InChI is InChI=1S/C9H15NO2/c11-7-10-5-9(6-10)8-1-3-12-4-2-8/h7-9H,1-6H2. The normalized spacial score (nSPS) is 26.8. The van der Waals surface area contributed by atoms with Gasteiger partial charge in [-0.2, -0.15) is 0 Å². The van der Waals surface area contributed by atoms with Crippen LogP contribution in [-0.2, 0) is 9.53 Å². The van der Waals surface area contributed by atoms with Crippen LogP contribution in [0.5, 0.6) is 0 Å². The first-order valence-corrected chi connectivity index (χ1v) is 4.67. The minimum absolute atomic E-state index is 0.763. The molecule has 0 aliphatic carbocycles. The summed E-state index contributed by atoms with van der Waals surface area (Å²) in [5.41, 5.74) is 0. The Morgan fingerprint density at radius 2 is 1.83 bits per heavy atom. The molecule has 3 heteroatoms. The van der Waals surface area contributed by atoms with Crippen molar-refractivity contribution in [3.05, 3.63) is 0 Å². The molecule has 3 nitrogen and oxygen atoms in total. The quantitative estimate of drug-likeness (QED) is 0.563. The van der Waals surface area contributed by atoms with Gasteiger partial charge in [0.2, 0.25) is 6.41 Å². The summed E-state index contributed by atoms with van der Waals surface area (Å²) in [6.45, 7) is 3.80. The molecule has 0 aromatic rings. The summed E-state index contributed by atoms with van der Waals surface area (Å²) in [6, 6.07) is 0. The lowest BCUT2D eigenvalue weighted by Crippen LogP contribution is -2.49. The molecular formula is C9H15NO2. The highest BCUT2D eigenvalue weighted by Gasteiger charge is 2.33. The second-order valence-corrected chi connectivity index (χ2v) is 3.77. The third kappa shape index (κ3) is 1.46. The molecule has 2 fully saturated rings. The molecule has 0 bridgehead atoms. The van der Waals surface area contributed by atoms with E-state index in [1.807, 2.05) is 4.90 Å². The first-order valence-electron chi connectivity index (χ1n) is 4.67. The summed E-state index contributed by atoms with van der Waals surface area (Å²) < 4.78 is 5.29. The van der Waals surface area contributed by atoms with Crippen molar-refractivity contribution in [2.45, 2.75) is 12.8 Å². The number of likely N-dealkylation sites (tertiary alicyclic amines) is 1. The Bertz CT molecular complexity index is 160. The van der Waals surface area contributed by atoms with E-state index in [4.69, 9.17) is 4.74 Å². The topological polar surface area (TPSA) is 29.5 Å². The Morgan fingerprint density at radius 1 is 1.17 bits per heavy atom. The number of rotatable bonds is 2. The van der Waals surface area contributed by atoms with E-state index in [-0.39, 0.29) is 0 Å². The van der Waals surface area contributed by atoms with Crippen molar-refractivity contribution in [1.82, 2.24) is 4.90 Å². The molecule has 2 aliphatic rings. The van der Waals surface area contributed by atoms with Crippen LogP contribution < -0.4 is 0 Å². The minimum atomic E-state index is 0.763. The zero-order valence-corrected chi connectivity index (χ0v) is 7.24. The van der Waals surface area contributed by atoms with Gasteiger partial charge in [-0.1, -0.05) is 0 Å². The number of nitrogens with zero attached hydrogens (tertiary/aromatic N) is 1. The van der Waals surface area contributed by atoms with Crippen LogP contribution in [0.15, 0.2) is 0 Å². The average molecular weight is 169 g/mol. The van der Waals surface area contributed by atoms with Crippen molar-refractivity contribution >= 4 is 6.41 Å². The molecule has 0 aromatic carbocycles. The minimum Gasteiger partial charge on any atom is -0.381 e. The van der Waals surface area contributed by atoms with E-state index < -0.39 is 0 Å². The van der Waals surface area contributed by atoms with E-state index in [0.717, 1.165) is 44.5 Å². The fourth-order valence-corrected chi connectivity index (χ4v) is 2.12. The van der Waals surface area contributed by atoms with Crippen LogP contribution in [0.1, 0.15) is 12.8 Å². The van der Waals surface area contributed by atoms with Gasteiger partial charge in [-0.15, -0.1) is 0 Å². The molecule has 0 atom stereocenters. The molecule has 2 heterocycles. The van der Waals surface area contributed by atoms with E-state index in [0.29, 0.717) is 0 Å². The van der Waals surface area contributed by atoms with Crippen LogP contribution in [0.2, 0.25) is 0 Å². The molecular weight excluding hydrogens is 154 g/mol. The molecule has 0 unspecified atom stereocenters. The number of ether oxygens (including phenoxy) is 1. The van der Waals surface area contributed by atoms with Crippen LogP contribution in [0.4, 0.5) is 0 Å². The number of hydrogen-bond acceptors (Lipinski definition) is 2. The highest BCUT2D eigenvalue weighted by Crippen LogP contribution is 2.29. The van der Waals surface area contributed by atoms with Crippen LogP contribution in [-0.4, -0.2) is 37.6 Å². The van der Waals surface area contributed by atoms with Crippen LogP contribution >= 0.6 is 0 Å². The second-order valence-electron chi connectivity index (χ2n) is 3.77. The predicted molar refractivity (Wildman–Crippen MR) is 44.7 cm³/mol. The van der Waals surface area contributed by atoms with Crippen molar-refractivity contribution in [2.75, 3.05) is 26.3 Å². The molecule has 0 aromatic heterocycles. The number of carbonyl (C=O) groups excluding carboxylic acids is 1. The van der Waals surface area contributed by atoms with Gasteiger partial charge >= 0.3 is 0 Å². The van der Waals surface area contributed by atoms with E-state index in [2.05, 4.69) is 0 Å². The van der Waals surface area contributed by atoms with Crippen LogP contribution in [0.3, 0.4) is 0 Å². The lowest BCUT2D eigenvalue weighted by molar-refractivity contribution is -0.126. The zero-order valence-electron chi connectivity index (χ0n) is 7.24. The van der Waals surface area contributed by atoms with Gasteiger partial charge < -0.3 is 9.64 Å². The van der Waals surface area contributed by atoms with E-state index in [1.54, 1.807) is 0 Å². The van der Waals surface area contributed by atoms with Crippen molar-refractivity contribution in [2.24, 2.45) is 11.8 Å². The van der Waals surface area contributed by atoms with Crippen LogP contribution in [0.25, 0.3) is 0 Å². The molecule has 2 rings (SSSR count). The molecule has 2 aliphatic heterocycles. The summed E-state index contributed by atoms with van der Waals surface area (Å²) in [4.78, 5) is 12.2. The van der Waals surface area contributed by atoms with Crippen molar-refractivity contribution in [1.29, 1.82) is 0 Å². The maximum Gasteiger partial charge on any atom is 0.209 e. The fourth-order valence-electron chi connectivity index (χ4n) is 2.12. The largest absolute Gasteiger partial charge is 0.381 e. The summed E-state index contributed by atoms with van der Waals surface area (Å²) in [5, 5.41) is 0. The van der Waals surface area contributed by atoms with Crippen molar-refractivity contribution < 1.29 is 9.53 Å². The number of hydrogen-bond donors (Lipinski definition) is 0. The molecule has 0 saturated carbocycles. The Hall–Kier alpha value is -0.570. The molecule has 12 heavy (non-hydrogen) atoms. The lowest BCUT2D eigenvalue weighted by atomic mass is 9.81. The predicted octanol–water partition coefficient (Wildman–Crippen LogP) is 0.501. The van der Waals surface area contributed by atoms with Gasteiger partial charge in [0.15, 0.2) is 0 Å². The molecule has 0 spiro atoms. The van der Waals surface area contributed by atoms with E-state index in [1.165, 1.54) is 12.8 Å². The molecule has 0 N–H and O–H groups in total. The van der Waals surface area contributed by atoms with E-state index >= 15 is 0 Å². The van der Waals surface area contributed by atoms with Gasteiger partial charge in [0.1, 0.15) is 0 Å². The van der Waals surface area contributed by atoms with Gasteiger partial charge in [0.25, 0.3) is 0 Å². The summed E-state index contributed by atoms with van der Waals surface area (Å²) in [6.07, 6.45) is 3.34. The number of carbonyl (C=O) groups is 1. The SMILES string of the molecule is O=CN1CC(C2CCOCC2)C1. The summed E-state index contributed by atoms with van der Waals surface area (Å²) >= 11 is 0. The summed E-state index contributed by atoms with van der Waals surface area (Å²) in [7, 11) is 0. The third-order valence-corrected chi connectivity index (χ3v) is 3.02. The molecule has 68 valence electrons. The van der Waals surface area contributed by atoms with Gasteiger partial charge in [0.05, 0.1) is 0 Å². The van der Waals surface area contributed by atoms with E-state index in [9.17, 15) is 4.79 Å². The maximum atomic E-state index is 10.3. The lowest BCUT2D eigenvalue weighted by Gasteiger charge is -2.42. The molecule has 0 radical (unpaired) electrons. The Kier molecular flexibility index (Phi) is 2.30. The van der Waals surface area contributed by atoms with Gasteiger partial charge in [-0.05, 0) is 24.7 Å². The Morgan fingerprint density at radius 3 is 2.42 bits per heavy atom. The highest BCUT2D eigenvalue weighted by molar-refractivity contribution is 5.48. The van der Waals surface area contributed by atoms with Crippen LogP contribution in [0, 0.1) is 11.8 Å². The zero-order chi connectivity index (χ0) is 8.39.